The first kappa shape index (κ1) is 13.4. The number of benzene rings is 2. The van der Waals surface area contributed by atoms with E-state index in [-0.39, 0.29) is 5.75 Å². The lowest BCUT2D eigenvalue weighted by Crippen LogP contribution is -1.92. The van der Waals surface area contributed by atoms with Crippen molar-refractivity contribution in [2.24, 2.45) is 5.10 Å². The summed E-state index contributed by atoms with van der Waals surface area (Å²) in [6, 6.07) is 13.1. The van der Waals surface area contributed by atoms with Crippen LogP contribution in [0, 0.1) is 0 Å². The molecular weight excluding hydrogens is 286 g/mol. The molecule has 2 N–H and O–H groups in total. The summed E-state index contributed by atoms with van der Waals surface area (Å²) in [6.45, 7) is 0. The van der Waals surface area contributed by atoms with E-state index in [1.807, 2.05) is 24.3 Å². The van der Waals surface area contributed by atoms with Crippen molar-refractivity contribution in [1.82, 2.24) is 4.98 Å². The maximum atomic E-state index is 9.94. The van der Waals surface area contributed by atoms with Gasteiger partial charge in [-0.2, -0.15) is 5.10 Å². The summed E-state index contributed by atoms with van der Waals surface area (Å²) in [7, 11) is 1.51. The predicted molar refractivity (Wildman–Crippen MR) is 85.5 cm³/mol. The molecule has 21 heavy (non-hydrogen) atoms. The van der Waals surface area contributed by atoms with Gasteiger partial charge in [0.05, 0.1) is 23.5 Å². The third-order valence-corrected chi connectivity index (χ3v) is 3.85. The van der Waals surface area contributed by atoms with Gasteiger partial charge in [0.15, 0.2) is 11.5 Å². The van der Waals surface area contributed by atoms with Crippen LogP contribution in [0.25, 0.3) is 10.2 Å². The number of rotatable bonds is 4. The zero-order chi connectivity index (χ0) is 14.7. The molecule has 6 heteroatoms. The molecule has 0 saturated carbocycles. The number of methoxy groups -OCH3 is 1. The lowest BCUT2D eigenvalue weighted by Gasteiger charge is -2.04. The van der Waals surface area contributed by atoms with Crippen LogP contribution in [0.15, 0.2) is 47.6 Å². The van der Waals surface area contributed by atoms with Crippen LogP contribution in [-0.4, -0.2) is 23.4 Å². The van der Waals surface area contributed by atoms with E-state index in [2.05, 4.69) is 15.5 Å². The molecule has 1 heterocycles. The van der Waals surface area contributed by atoms with Gasteiger partial charge in [0, 0.05) is 5.56 Å². The number of thiazole rings is 1. The first-order chi connectivity index (χ1) is 10.3. The SMILES string of the molecule is COc1cccc(/C=N/Nc2nc3ccccc3s2)c1O. The molecule has 0 aliphatic heterocycles. The fraction of sp³-hybridized carbons (Fsp3) is 0.0667. The van der Waals surface area contributed by atoms with E-state index in [0.29, 0.717) is 16.4 Å². The number of aromatic nitrogens is 1. The minimum absolute atomic E-state index is 0.0647. The molecule has 0 unspecified atom stereocenters. The van der Waals surface area contributed by atoms with Gasteiger partial charge in [0.1, 0.15) is 0 Å². The van der Waals surface area contributed by atoms with Crippen LogP contribution in [0.5, 0.6) is 11.5 Å². The largest absolute Gasteiger partial charge is 0.504 e. The minimum atomic E-state index is 0.0647. The number of phenolic OH excluding ortho intramolecular Hbond substituents is 1. The monoisotopic (exact) mass is 299 g/mol. The fourth-order valence-corrected chi connectivity index (χ4v) is 2.70. The lowest BCUT2D eigenvalue weighted by molar-refractivity contribution is 0.373. The van der Waals surface area contributed by atoms with Gasteiger partial charge in [-0.3, -0.25) is 5.43 Å². The highest BCUT2D eigenvalue weighted by atomic mass is 32.1. The average Bonchev–Trinajstić information content (AvgIpc) is 2.91. The van der Waals surface area contributed by atoms with Crippen LogP contribution in [0.3, 0.4) is 0 Å². The average molecular weight is 299 g/mol. The first-order valence-corrected chi connectivity index (χ1v) is 7.10. The van der Waals surface area contributed by atoms with Crippen molar-refractivity contribution in [2.45, 2.75) is 0 Å². The predicted octanol–water partition coefficient (Wildman–Crippen LogP) is 3.46. The van der Waals surface area contributed by atoms with Gasteiger partial charge in [-0.25, -0.2) is 4.98 Å². The molecule has 106 valence electrons. The number of aromatic hydroxyl groups is 1. The molecule has 2 aromatic carbocycles. The van der Waals surface area contributed by atoms with E-state index < -0.39 is 0 Å². The second kappa shape index (κ2) is 5.80. The van der Waals surface area contributed by atoms with Gasteiger partial charge in [0.2, 0.25) is 5.13 Å². The molecule has 0 aliphatic carbocycles. The molecule has 3 aromatic rings. The number of para-hydroxylation sites is 2. The zero-order valence-corrected chi connectivity index (χ0v) is 12.1. The normalized spacial score (nSPS) is 11.1. The Bertz CT molecular complexity index is 765. The van der Waals surface area contributed by atoms with Crippen molar-refractivity contribution in [3.05, 3.63) is 48.0 Å². The molecule has 0 aliphatic rings. The summed E-state index contributed by atoms with van der Waals surface area (Å²) >= 11 is 1.52. The smallest absolute Gasteiger partial charge is 0.204 e. The number of anilines is 1. The van der Waals surface area contributed by atoms with Crippen molar-refractivity contribution in [1.29, 1.82) is 0 Å². The van der Waals surface area contributed by atoms with Crippen molar-refractivity contribution in [2.75, 3.05) is 12.5 Å². The Kier molecular flexibility index (Phi) is 3.70. The Morgan fingerprint density at radius 1 is 1.24 bits per heavy atom. The van der Waals surface area contributed by atoms with E-state index in [4.69, 9.17) is 4.74 Å². The van der Waals surface area contributed by atoms with Gasteiger partial charge in [0.25, 0.3) is 0 Å². The highest BCUT2D eigenvalue weighted by molar-refractivity contribution is 7.22. The number of nitrogens with one attached hydrogen (secondary N) is 1. The van der Waals surface area contributed by atoms with Gasteiger partial charge in [-0.05, 0) is 24.3 Å². The Hall–Kier alpha value is -2.60. The molecule has 0 fully saturated rings. The number of fused-ring (bicyclic) bond motifs is 1. The molecule has 5 nitrogen and oxygen atoms in total. The quantitative estimate of drug-likeness (QED) is 0.572. The zero-order valence-electron chi connectivity index (χ0n) is 11.3. The highest BCUT2D eigenvalue weighted by Gasteiger charge is 2.05. The molecular formula is C15H13N3O2S. The van der Waals surface area contributed by atoms with Crippen molar-refractivity contribution >= 4 is 32.9 Å². The molecule has 1 aromatic heterocycles. The highest BCUT2D eigenvalue weighted by Crippen LogP contribution is 2.28. The summed E-state index contributed by atoms with van der Waals surface area (Å²) in [5.74, 6) is 0.480. The number of hydrogen-bond acceptors (Lipinski definition) is 6. The minimum Gasteiger partial charge on any atom is -0.504 e. The molecule has 0 atom stereocenters. The maximum Gasteiger partial charge on any atom is 0.204 e. The van der Waals surface area contributed by atoms with Gasteiger partial charge in [-0.1, -0.05) is 29.5 Å². The van der Waals surface area contributed by atoms with Crippen LogP contribution in [0.1, 0.15) is 5.56 Å². The topological polar surface area (TPSA) is 66.7 Å². The Morgan fingerprint density at radius 2 is 2.10 bits per heavy atom. The second-order valence-corrected chi connectivity index (χ2v) is 5.29. The Balaban J connectivity index is 1.78. The Labute approximate surface area is 125 Å². The summed E-state index contributed by atoms with van der Waals surface area (Å²) < 4.78 is 6.14. The van der Waals surface area contributed by atoms with E-state index in [0.717, 1.165) is 10.2 Å². The molecule has 0 bridgehead atoms. The standard InChI is InChI=1S/C15H13N3O2S/c1-20-12-7-4-5-10(14(12)19)9-16-18-15-17-11-6-2-3-8-13(11)21-15/h2-9,19H,1H3,(H,17,18)/b16-9+. The molecule has 0 saturated heterocycles. The Morgan fingerprint density at radius 3 is 2.90 bits per heavy atom. The third-order valence-electron chi connectivity index (χ3n) is 2.91. The molecule has 0 spiro atoms. The molecule has 0 amide bonds. The lowest BCUT2D eigenvalue weighted by atomic mass is 10.2. The van der Waals surface area contributed by atoms with Crippen LogP contribution in [-0.2, 0) is 0 Å². The molecule has 0 radical (unpaired) electrons. The van der Waals surface area contributed by atoms with Crippen molar-refractivity contribution in [3.8, 4) is 11.5 Å². The third kappa shape index (κ3) is 2.80. The number of hydrazone groups is 1. The van der Waals surface area contributed by atoms with Gasteiger partial charge in [-0.15, -0.1) is 0 Å². The van der Waals surface area contributed by atoms with Gasteiger partial charge < -0.3 is 9.84 Å². The summed E-state index contributed by atoms with van der Waals surface area (Å²) in [4.78, 5) is 4.41. The van der Waals surface area contributed by atoms with Crippen LogP contribution < -0.4 is 10.2 Å². The van der Waals surface area contributed by atoms with Crippen LogP contribution in [0.4, 0.5) is 5.13 Å². The summed E-state index contributed by atoms with van der Waals surface area (Å²) in [6.07, 6.45) is 1.53. The number of hydrogen-bond donors (Lipinski definition) is 2. The van der Waals surface area contributed by atoms with E-state index in [1.54, 1.807) is 18.2 Å². The second-order valence-electron chi connectivity index (χ2n) is 4.25. The number of ether oxygens (including phenoxy) is 1. The van der Waals surface area contributed by atoms with Crippen LogP contribution >= 0.6 is 11.3 Å². The van der Waals surface area contributed by atoms with E-state index >= 15 is 0 Å². The van der Waals surface area contributed by atoms with E-state index in [9.17, 15) is 5.11 Å². The van der Waals surface area contributed by atoms with E-state index in [1.165, 1.54) is 24.7 Å². The van der Waals surface area contributed by atoms with Crippen molar-refractivity contribution in [3.63, 3.8) is 0 Å². The van der Waals surface area contributed by atoms with Crippen LogP contribution in [0.2, 0.25) is 0 Å². The fourth-order valence-electron chi connectivity index (χ4n) is 1.89. The number of nitrogens with zero attached hydrogens (tertiary/aromatic N) is 2. The first-order valence-electron chi connectivity index (χ1n) is 6.28. The number of phenols is 1. The maximum absolute atomic E-state index is 9.94. The summed E-state index contributed by atoms with van der Waals surface area (Å²) in [5, 5.41) is 14.7. The van der Waals surface area contributed by atoms with Crippen molar-refractivity contribution < 1.29 is 9.84 Å². The summed E-state index contributed by atoms with van der Waals surface area (Å²) in [5.41, 5.74) is 4.38. The van der Waals surface area contributed by atoms with Gasteiger partial charge >= 0.3 is 0 Å². The molecule has 3 rings (SSSR count).